The molecule has 0 bridgehead atoms. The van der Waals surface area contributed by atoms with Crippen molar-refractivity contribution in [1.29, 1.82) is 0 Å². The van der Waals surface area contributed by atoms with Crippen molar-refractivity contribution in [2.45, 2.75) is 38.9 Å². The van der Waals surface area contributed by atoms with E-state index >= 15 is 0 Å². The second-order valence-electron chi connectivity index (χ2n) is 6.76. The van der Waals surface area contributed by atoms with Crippen LogP contribution in [-0.2, 0) is 29.0 Å². The van der Waals surface area contributed by atoms with E-state index in [2.05, 4.69) is 23.0 Å². The maximum absolute atomic E-state index is 8.49. The van der Waals surface area contributed by atoms with Gasteiger partial charge in [-0.15, -0.1) is 20.5 Å². The molecule has 1 saturated heterocycles. The number of halogens is 2. The molecule has 2 aliphatic heterocycles. The third kappa shape index (κ3) is 16.9. The van der Waals surface area contributed by atoms with Crippen molar-refractivity contribution in [2.24, 2.45) is 10.4 Å². The molecule has 0 amide bonds. The smallest absolute Gasteiger partial charge is 0.350 e. The number of nitrogens with zero attached hydrogens (tertiary/aromatic N) is 2. The monoisotopic (exact) mass is 586 g/mol. The van der Waals surface area contributed by atoms with Gasteiger partial charge in [-0.25, -0.2) is 37.3 Å². The summed E-state index contributed by atoms with van der Waals surface area (Å²) in [4.78, 5) is 8.91. The van der Waals surface area contributed by atoms with Crippen LogP contribution in [0.1, 0.15) is 38.3 Å². The predicted molar refractivity (Wildman–Crippen MR) is 82.2 cm³/mol. The normalized spacial score (nSPS) is 20.8. The van der Waals surface area contributed by atoms with Gasteiger partial charge in [-0.05, 0) is 36.8 Å². The van der Waals surface area contributed by atoms with Gasteiger partial charge in [0, 0.05) is 18.8 Å². The number of allylic oxidation sites excluding steroid dienone is 1. The first-order valence-corrected chi connectivity index (χ1v) is 11.3. The summed E-state index contributed by atoms with van der Waals surface area (Å²) in [6.45, 7) is 3.76. The van der Waals surface area contributed by atoms with Crippen LogP contribution in [0.25, 0.3) is 0 Å². The maximum atomic E-state index is 8.49. The fourth-order valence-corrected chi connectivity index (χ4v) is 2.90. The molecule has 1 fully saturated rings. The summed E-state index contributed by atoms with van der Waals surface area (Å²) in [5.41, 5.74) is 2.21. The third-order valence-corrected chi connectivity index (χ3v) is 4.12. The Kier molecular flexibility index (Phi) is 14.3. The number of rotatable bonds is 5. The molecule has 0 saturated carbocycles. The first-order valence-electron chi connectivity index (χ1n) is 8.88. The molecule has 0 N–H and O–H groups in total. The van der Waals surface area contributed by atoms with Gasteiger partial charge >= 0.3 is 19.5 Å². The van der Waals surface area contributed by atoms with Crippen LogP contribution in [0.4, 0.5) is 0 Å². The van der Waals surface area contributed by atoms with Crippen molar-refractivity contribution in [3.8, 4) is 0 Å². The summed E-state index contributed by atoms with van der Waals surface area (Å²) in [5.74, 6) is 0. The molecule has 3 rings (SSSR count). The summed E-state index contributed by atoms with van der Waals surface area (Å²) in [5, 5.41) is 0. The first kappa shape index (κ1) is 31.4. The van der Waals surface area contributed by atoms with Crippen LogP contribution in [0.2, 0.25) is 0 Å². The van der Waals surface area contributed by atoms with Crippen LogP contribution < -0.4 is 37.3 Å². The fraction of sp³-hybridized carbons (Fsp3) is 0.529. The number of pyridine rings is 1. The standard InChI is InChI=1S/C17H22N2O2.2ClHO4.Ru/c1-17(7-4-6-16-20-11-12-21-16)8-10-19-15(13-17)14-5-2-3-9-18-14;2*2-1(3,4)5;/h2-3,5,8-10,16H,4,6-7,11-13H2,1H3;2*(H,2,3,4,5);/q;;;+2/p-2. The molecule has 1 atom stereocenters. The minimum absolute atomic E-state index is 0. The number of hydrogen-bond donors (Lipinski definition) is 0. The Balaban J connectivity index is 0.000000740. The molecule has 0 aromatic carbocycles. The Labute approximate surface area is 202 Å². The van der Waals surface area contributed by atoms with Crippen molar-refractivity contribution in [3.63, 3.8) is 0 Å². The number of aromatic nitrogens is 1. The van der Waals surface area contributed by atoms with Crippen molar-refractivity contribution in [3.05, 3.63) is 42.4 Å². The maximum Gasteiger partial charge on any atom is 2.00 e. The SMILES string of the molecule is CC1(CCCC2OCCO2)C=CN=C(c2ccccn2)C1.[O-][Cl+3]([O-])([O-])[O-].[O-][Cl+3]([O-])([O-])[O-].[Ru+2]. The van der Waals surface area contributed by atoms with Gasteiger partial charge in [-0.3, -0.25) is 9.98 Å². The van der Waals surface area contributed by atoms with Crippen LogP contribution in [-0.4, -0.2) is 30.2 Å². The molecular formula is C17H22Cl2N2O10Ru. The summed E-state index contributed by atoms with van der Waals surface area (Å²) in [6, 6.07) is 5.97. The van der Waals surface area contributed by atoms with Crippen LogP contribution in [0, 0.1) is 25.9 Å². The van der Waals surface area contributed by atoms with Gasteiger partial charge < -0.3 is 9.47 Å². The molecule has 0 radical (unpaired) electrons. The van der Waals surface area contributed by atoms with Crippen molar-refractivity contribution in [1.82, 2.24) is 4.98 Å². The van der Waals surface area contributed by atoms with Crippen LogP contribution >= 0.6 is 0 Å². The third-order valence-electron chi connectivity index (χ3n) is 4.12. The van der Waals surface area contributed by atoms with Crippen molar-refractivity contribution in [2.75, 3.05) is 13.2 Å². The summed E-state index contributed by atoms with van der Waals surface area (Å²) in [6.07, 6.45) is 10.1. The molecule has 1 aromatic rings. The molecule has 1 aromatic heterocycles. The van der Waals surface area contributed by atoms with E-state index in [4.69, 9.17) is 46.7 Å². The molecule has 15 heteroatoms. The van der Waals surface area contributed by atoms with Gasteiger partial charge in [0.05, 0.1) is 24.6 Å². The average Bonchev–Trinajstić information content (AvgIpc) is 3.13. The van der Waals surface area contributed by atoms with E-state index in [0.717, 1.165) is 50.3 Å². The first-order chi connectivity index (χ1) is 14.3. The van der Waals surface area contributed by atoms with Crippen LogP contribution in [0.15, 0.2) is 41.7 Å². The van der Waals surface area contributed by atoms with E-state index < -0.39 is 20.5 Å². The Morgan fingerprint density at radius 2 is 1.56 bits per heavy atom. The van der Waals surface area contributed by atoms with Gasteiger partial charge in [0.1, 0.15) is 0 Å². The Morgan fingerprint density at radius 3 is 2.06 bits per heavy atom. The zero-order valence-electron chi connectivity index (χ0n) is 16.9. The Bertz CT molecular complexity index is 686. The number of ether oxygens (including phenoxy) is 2. The summed E-state index contributed by atoms with van der Waals surface area (Å²) >= 11 is 0. The van der Waals surface area contributed by atoms with Gasteiger partial charge in [-0.2, -0.15) is 0 Å². The predicted octanol–water partition coefficient (Wildman–Crippen LogP) is -6.18. The molecular weight excluding hydrogens is 564 g/mol. The second-order valence-corrected chi connectivity index (χ2v) is 8.27. The molecule has 3 heterocycles. The van der Waals surface area contributed by atoms with Crippen molar-refractivity contribution < 1.29 is 86.7 Å². The van der Waals surface area contributed by atoms with Crippen LogP contribution in [0.3, 0.4) is 0 Å². The minimum atomic E-state index is -4.94. The average molecular weight is 586 g/mol. The molecule has 2 aliphatic rings. The minimum Gasteiger partial charge on any atom is -0.350 e. The Hall–Kier alpha value is -0.637. The van der Waals surface area contributed by atoms with Gasteiger partial charge in [0.2, 0.25) is 0 Å². The van der Waals surface area contributed by atoms with Gasteiger partial charge in [0.15, 0.2) is 6.29 Å². The fourth-order valence-electron chi connectivity index (χ4n) is 2.90. The molecule has 0 spiro atoms. The van der Waals surface area contributed by atoms with E-state index in [1.165, 1.54) is 0 Å². The molecule has 32 heavy (non-hydrogen) atoms. The molecule has 0 aliphatic carbocycles. The van der Waals surface area contributed by atoms with E-state index in [-0.39, 0.29) is 31.2 Å². The van der Waals surface area contributed by atoms with Gasteiger partial charge in [0.25, 0.3) is 0 Å². The van der Waals surface area contributed by atoms with E-state index in [1.54, 1.807) is 0 Å². The van der Waals surface area contributed by atoms with E-state index in [0.29, 0.717) is 0 Å². The molecule has 12 nitrogen and oxygen atoms in total. The largest absolute Gasteiger partial charge is 2.00 e. The Morgan fingerprint density at radius 1 is 1.00 bits per heavy atom. The summed E-state index contributed by atoms with van der Waals surface area (Å²) in [7, 11) is -9.89. The second kappa shape index (κ2) is 14.6. The quantitative estimate of drug-likeness (QED) is 0.295. The van der Waals surface area contributed by atoms with E-state index in [1.807, 2.05) is 30.6 Å². The molecule has 1 unspecified atom stereocenters. The van der Waals surface area contributed by atoms with Crippen LogP contribution in [0.5, 0.6) is 0 Å². The zero-order chi connectivity index (χ0) is 23.5. The summed E-state index contributed by atoms with van der Waals surface area (Å²) < 4.78 is 78.9. The zero-order valence-corrected chi connectivity index (χ0v) is 20.1. The van der Waals surface area contributed by atoms with E-state index in [9.17, 15) is 0 Å². The number of hydrogen-bond acceptors (Lipinski definition) is 12. The number of aliphatic imine (C=N–C) groups is 1. The van der Waals surface area contributed by atoms with Crippen molar-refractivity contribution >= 4 is 5.71 Å². The van der Waals surface area contributed by atoms with Gasteiger partial charge in [-0.1, -0.05) is 19.1 Å². The topological polar surface area (TPSA) is 228 Å². The molecule has 182 valence electrons.